The van der Waals surface area contributed by atoms with Gasteiger partial charge < -0.3 is 5.11 Å². The van der Waals surface area contributed by atoms with E-state index in [1.165, 1.54) is 0 Å². The summed E-state index contributed by atoms with van der Waals surface area (Å²) in [5.41, 5.74) is 5.71. The third kappa shape index (κ3) is 3.34. The molecular formula is C33H21ClO4. The summed E-state index contributed by atoms with van der Waals surface area (Å²) in [6.07, 6.45) is 10.2. The molecule has 4 aliphatic carbocycles. The Labute approximate surface area is 223 Å². The molecule has 3 aromatic rings. The van der Waals surface area contributed by atoms with Crippen LogP contribution >= 0.6 is 11.6 Å². The molecule has 0 amide bonds. The molecule has 4 aliphatic rings. The number of aryl methyl sites for hydroxylation is 1. The van der Waals surface area contributed by atoms with Crippen molar-refractivity contribution in [2.45, 2.75) is 25.7 Å². The highest BCUT2D eigenvalue weighted by Crippen LogP contribution is 2.41. The number of Topliss-reactive ketones (excluding diaryl/α,β-unsaturated/α-hetero) is 3. The van der Waals surface area contributed by atoms with Crippen molar-refractivity contribution < 1.29 is 19.5 Å². The van der Waals surface area contributed by atoms with Gasteiger partial charge in [-0.05, 0) is 95.1 Å². The molecule has 0 atom stereocenters. The number of halogens is 1. The van der Waals surface area contributed by atoms with Gasteiger partial charge in [0.25, 0.3) is 0 Å². The van der Waals surface area contributed by atoms with Gasteiger partial charge in [-0.1, -0.05) is 48.0 Å². The van der Waals surface area contributed by atoms with Gasteiger partial charge in [0, 0.05) is 27.3 Å². The molecule has 184 valence electrons. The number of allylic oxidation sites excluding steroid dienone is 8. The zero-order chi connectivity index (χ0) is 26.1. The van der Waals surface area contributed by atoms with Gasteiger partial charge in [-0.25, -0.2) is 0 Å². The second-order valence-corrected chi connectivity index (χ2v) is 10.5. The lowest BCUT2D eigenvalue weighted by Crippen LogP contribution is -2.01. The number of aliphatic hydroxyl groups is 1. The third-order valence-electron chi connectivity index (χ3n) is 7.89. The van der Waals surface area contributed by atoms with Crippen LogP contribution in [0.25, 0.3) is 22.6 Å². The van der Waals surface area contributed by atoms with E-state index in [9.17, 15) is 19.5 Å². The van der Waals surface area contributed by atoms with Gasteiger partial charge >= 0.3 is 0 Å². The van der Waals surface area contributed by atoms with Crippen molar-refractivity contribution in [2.75, 3.05) is 0 Å². The molecule has 0 saturated heterocycles. The molecule has 1 N–H and O–H groups in total. The summed E-state index contributed by atoms with van der Waals surface area (Å²) in [7, 11) is 0. The predicted octanol–water partition coefficient (Wildman–Crippen LogP) is 7.48. The fourth-order valence-corrected chi connectivity index (χ4v) is 6.15. The molecule has 3 aromatic carbocycles. The molecule has 0 fully saturated rings. The molecule has 38 heavy (non-hydrogen) atoms. The molecule has 7 rings (SSSR count). The van der Waals surface area contributed by atoms with E-state index in [1.807, 2.05) is 42.5 Å². The first-order chi connectivity index (χ1) is 18.4. The maximum atomic E-state index is 13.2. The van der Waals surface area contributed by atoms with Gasteiger partial charge in [-0.3, -0.25) is 14.4 Å². The Morgan fingerprint density at radius 2 is 1.45 bits per heavy atom. The Morgan fingerprint density at radius 1 is 0.763 bits per heavy atom. The van der Waals surface area contributed by atoms with Crippen LogP contribution in [0, 0.1) is 0 Å². The van der Waals surface area contributed by atoms with E-state index >= 15 is 0 Å². The standard InChI is InChI=1S/C33H21ClO4/c34-29-21(15-27-30(35)23-11-17-5-1-2-6-18(17)12-24(23)31(27)36)9-10-22(29)16-28-32(37)25-13-19-7-3-4-8-20(19)14-26(25)33(28)38/h1-3,5-7,11-16,38H,4,8-10H2. The second-order valence-electron chi connectivity index (χ2n) is 10.1. The number of fused-ring (bicyclic) bond motifs is 4. The van der Waals surface area contributed by atoms with Crippen LogP contribution in [0.1, 0.15) is 67.0 Å². The first kappa shape index (κ1) is 22.9. The molecule has 0 heterocycles. The molecule has 5 heteroatoms. The Bertz CT molecular complexity index is 1770. The largest absolute Gasteiger partial charge is 0.507 e. The topological polar surface area (TPSA) is 71.4 Å². The summed E-state index contributed by atoms with van der Waals surface area (Å²) in [5, 5.41) is 13.2. The summed E-state index contributed by atoms with van der Waals surface area (Å²) in [5.74, 6) is -0.864. The summed E-state index contributed by atoms with van der Waals surface area (Å²) in [6, 6.07) is 14.9. The molecule has 0 unspecified atom stereocenters. The fourth-order valence-electron chi connectivity index (χ4n) is 5.85. The number of ketones is 3. The Kier molecular flexibility index (Phi) is 5.04. The number of hydrogen-bond acceptors (Lipinski definition) is 4. The zero-order valence-electron chi connectivity index (χ0n) is 20.3. The van der Waals surface area contributed by atoms with Crippen LogP contribution in [0.4, 0.5) is 0 Å². The predicted molar refractivity (Wildman–Crippen MR) is 149 cm³/mol. The van der Waals surface area contributed by atoms with Crippen molar-refractivity contribution in [3.8, 4) is 0 Å². The quantitative estimate of drug-likeness (QED) is 0.283. The molecule has 4 nitrogen and oxygen atoms in total. The maximum absolute atomic E-state index is 13.2. The summed E-state index contributed by atoms with van der Waals surface area (Å²) in [4.78, 5) is 39.5. The number of rotatable bonds is 2. The van der Waals surface area contributed by atoms with E-state index in [0.29, 0.717) is 51.3 Å². The third-order valence-corrected chi connectivity index (χ3v) is 8.37. The molecule has 0 radical (unpaired) electrons. The number of carbonyl (C=O) groups excluding carboxylic acids is 3. The van der Waals surface area contributed by atoms with Crippen LogP contribution in [0.2, 0.25) is 0 Å². The zero-order valence-corrected chi connectivity index (χ0v) is 21.1. The van der Waals surface area contributed by atoms with Gasteiger partial charge in [0.05, 0.1) is 11.1 Å². The van der Waals surface area contributed by atoms with Crippen LogP contribution in [-0.2, 0) is 6.42 Å². The molecule has 0 aliphatic heterocycles. The molecular weight excluding hydrogens is 496 g/mol. The summed E-state index contributed by atoms with van der Waals surface area (Å²) in [6.45, 7) is 0. The van der Waals surface area contributed by atoms with Crippen molar-refractivity contribution in [1.82, 2.24) is 0 Å². The van der Waals surface area contributed by atoms with Crippen LogP contribution in [0.5, 0.6) is 0 Å². The number of carbonyl (C=O) groups is 3. The van der Waals surface area contributed by atoms with E-state index in [4.69, 9.17) is 11.6 Å². The average Bonchev–Trinajstić information content (AvgIpc) is 3.48. The molecule has 0 spiro atoms. The minimum atomic E-state index is -0.301. The van der Waals surface area contributed by atoms with Crippen LogP contribution in [-0.4, -0.2) is 22.5 Å². The van der Waals surface area contributed by atoms with E-state index in [1.54, 1.807) is 24.3 Å². The van der Waals surface area contributed by atoms with Crippen LogP contribution in [0.3, 0.4) is 0 Å². The highest BCUT2D eigenvalue weighted by molar-refractivity contribution is 6.40. The Balaban J connectivity index is 1.23. The number of aliphatic hydroxyl groups excluding tert-OH is 1. The van der Waals surface area contributed by atoms with Gasteiger partial charge in [-0.2, -0.15) is 0 Å². The Morgan fingerprint density at radius 3 is 2.16 bits per heavy atom. The maximum Gasteiger partial charge on any atom is 0.197 e. The fraction of sp³-hybridized carbons (Fsp3) is 0.121. The van der Waals surface area contributed by atoms with Crippen molar-refractivity contribution in [3.05, 3.63) is 127 Å². The number of hydrogen-bond donors (Lipinski definition) is 1. The lowest BCUT2D eigenvalue weighted by atomic mass is 9.92. The van der Waals surface area contributed by atoms with Crippen molar-refractivity contribution in [1.29, 1.82) is 0 Å². The highest BCUT2D eigenvalue weighted by atomic mass is 35.5. The highest BCUT2D eigenvalue weighted by Gasteiger charge is 2.35. The average molecular weight is 517 g/mol. The summed E-state index contributed by atoms with van der Waals surface area (Å²) >= 11 is 6.72. The number of benzene rings is 3. The first-order valence-electron chi connectivity index (χ1n) is 12.7. The van der Waals surface area contributed by atoms with E-state index in [2.05, 4.69) is 6.08 Å². The van der Waals surface area contributed by atoms with Gasteiger partial charge in [0.2, 0.25) is 0 Å². The molecule has 0 bridgehead atoms. The van der Waals surface area contributed by atoms with Gasteiger partial charge in [-0.15, -0.1) is 0 Å². The van der Waals surface area contributed by atoms with Crippen molar-refractivity contribution >= 4 is 51.6 Å². The van der Waals surface area contributed by atoms with Gasteiger partial charge in [0.15, 0.2) is 17.3 Å². The first-order valence-corrected chi connectivity index (χ1v) is 13.0. The van der Waals surface area contributed by atoms with Crippen molar-refractivity contribution in [2.24, 2.45) is 0 Å². The smallest absolute Gasteiger partial charge is 0.197 e. The minimum absolute atomic E-state index is 0.0326. The SMILES string of the molecule is O=C1C(=CC2=C(Cl)C(=CC3=C(O)c4cc5c(cc4C3=O)C=CCC5)CC2)C(=O)c2cc3ccccc3cc21. The van der Waals surface area contributed by atoms with E-state index in [-0.39, 0.29) is 34.3 Å². The lowest BCUT2D eigenvalue weighted by molar-refractivity contribution is 0.0986. The summed E-state index contributed by atoms with van der Waals surface area (Å²) < 4.78 is 0. The van der Waals surface area contributed by atoms with E-state index in [0.717, 1.165) is 34.7 Å². The molecule has 0 aromatic heterocycles. The van der Waals surface area contributed by atoms with Gasteiger partial charge in [0.1, 0.15) is 5.76 Å². The van der Waals surface area contributed by atoms with Crippen LogP contribution in [0.15, 0.2) is 94.1 Å². The molecule has 0 saturated carbocycles. The normalized spacial score (nSPS) is 19.2. The van der Waals surface area contributed by atoms with Crippen LogP contribution < -0.4 is 0 Å². The second kappa shape index (κ2) is 8.37. The van der Waals surface area contributed by atoms with E-state index < -0.39 is 0 Å². The van der Waals surface area contributed by atoms with Crippen molar-refractivity contribution in [3.63, 3.8) is 0 Å². The monoisotopic (exact) mass is 516 g/mol. The lowest BCUT2D eigenvalue weighted by Gasteiger charge is -2.12. The Hall–Kier alpha value is -4.28. The minimum Gasteiger partial charge on any atom is -0.507 e.